The van der Waals surface area contributed by atoms with Crippen LogP contribution in [-0.2, 0) is 19.9 Å². The van der Waals surface area contributed by atoms with Crippen molar-refractivity contribution in [2.24, 2.45) is 7.05 Å². The molecule has 1 aromatic carbocycles. The summed E-state index contributed by atoms with van der Waals surface area (Å²) in [6.07, 6.45) is 1.30. The second-order valence-electron chi connectivity index (χ2n) is 4.90. The van der Waals surface area contributed by atoms with Crippen molar-refractivity contribution in [2.75, 3.05) is 7.05 Å². The molecule has 0 aliphatic heterocycles. The Morgan fingerprint density at radius 1 is 1.33 bits per heavy atom. The number of benzene rings is 1. The van der Waals surface area contributed by atoms with Gasteiger partial charge in [0.15, 0.2) is 11.6 Å². The lowest BCUT2D eigenvalue weighted by Gasteiger charge is -2.17. The van der Waals surface area contributed by atoms with E-state index in [1.54, 1.807) is 17.8 Å². The van der Waals surface area contributed by atoms with E-state index in [9.17, 15) is 8.78 Å². The lowest BCUT2D eigenvalue weighted by Crippen LogP contribution is -2.20. The molecule has 0 fully saturated rings. The van der Waals surface area contributed by atoms with Crippen molar-refractivity contribution >= 4 is 11.6 Å². The molecule has 2 rings (SSSR count). The molecule has 1 unspecified atom stereocenters. The zero-order valence-corrected chi connectivity index (χ0v) is 13.0. The highest BCUT2D eigenvalue weighted by Gasteiger charge is 2.19. The Labute approximate surface area is 127 Å². The van der Waals surface area contributed by atoms with Gasteiger partial charge in [0, 0.05) is 19.5 Å². The van der Waals surface area contributed by atoms with Crippen LogP contribution in [0.25, 0.3) is 0 Å². The van der Waals surface area contributed by atoms with Crippen LogP contribution in [0.1, 0.15) is 29.9 Å². The summed E-state index contributed by atoms with van der Waals surface area (Å²) in [6, 6.07) is 3.75. The van der Waals surface area contributed by atoms with Crippen LogP contribution < -0.4 is 5.32 Å². The summed E-state index contributed by atoms with van der Waals surface area (Å²) in [5, 5.41) is 8.11. The molecular formula is C15H18ClF2N3. The first-order valence-electron chi connectivity index (χ1n) is 6.80. The van der Waals surface area contributed by atoms with Gasteiger partial charge in [-0.3, -0.25) is 4.68 Å². The minimum atomic E-state index is -0.849. The number of nitrogens with zero attached hydrogens (tertiary/aromatic N) is 2. The van der Waals surface area contributed by atoms with Crippen LogP contribution in [0.15, 0.2) is 18.2 Å². The van der Waals surface area contributed by atoms with E-state index in [1.807, 2.05) is 14.0 Å². The van der Waals surface area contributed by atoms with Crippen molar-refractivity contribution in [1.29, 1.82) is 0 Å². The topological polar surface area (TPSA) is 29.9 Å². The molecule has 1 atom stereocenters. The molecule has 114 valence electrons. The van der Waals surface area contributed by atoms with E-state index >= 15 is 0 Å². The molecule has 0 saturated heterocycles. The summed E-state index contributed by atoms with van der Waals surface area (Å²) in [6.45, 7) is 1.99. The van der Waals surface area contributed by atoms with Gasteiger partial charge in [0.1, 0.15) is 0 Å². The average Bonchev–Trinajstić information content (AvgIpc) is 2.74. The van der Waals surface area contributed by atoms with Crippen molar-refractivity contribution in [3.05, 3.63) is 51.8 Å². The quantitative estimate of drug-likeness (QED) is 0.916. The van der Waals surface area contributed by atoms with Crippen molar-refractivity contribution in [1.82, 2.24) is 15.1 Å². The van der Waals surface area contributed by atoms with E-state index < -0.39 is 11.6 Å². The Balaban J connectivity index is 2.31. The van der Waals surface area contributed by atoms with Gasteiger partial charge in [-0.25, -0.2) is 8.78 Å². The first kappa shape index (κ1) is 15.9. The van der Waals surface area contributed by atoms with E-state index in [2.05, 4.69) is 10.4 Å². The summed E-state index contributed by atoms with van der Waals surface area (Å²) in [7, 11) is 3.61. The van der Waals surface area contributed by atoms with Gasteiger partial charge in [-0.1, -0.05) is 24.6 Å². The van der Waals surface area contributed by atoms with Crippen LogP contribution in [0.2, 0.25) is 5.02 Å². The Morgan fingerprint density at radius 2 is 2.05 bits per heavy atom. The summed E-state index contributed by atoms with van der Waals surface area (Å²) in [5.74, 6) is -1.70. The number of hydrogen-bond donors (Lipinski definition) is 1. The summed E-state index contributed by atoms with van der Waals surface area (Å²) in [5.41, 5.74) is 2.39. The minimum Gasteiger partial charge on any atom is -0.313 e. The molecule has 1 heterocycles. The molecule has 2 aromatic rings. The van der Waals surface area contributed by atoms with Crippen LogP contribution in [-0.4, -0.2) is 16.8 Å². The predicted octanol–water partition coefficient (Wildman–Crippen LogP) is 3.42. The lowest BCUT2D eigenvalue weighted by molar-refractivity contribution is 0.499. The van der Waals surface area contributed by atoms with Gasteiger partial charge in [-0.15, -0.1) is 0 Å². The maximum atomic E-state index is 13.4. The fraction of sp³-hybridized carbons (Fsp3) is 0.400. The standard InChI is InChI=1S/C15H18ClF2N3/c1-4-12-15(16)14(21(3)20-12)8-13(19-2)9-5-6-10(17)11(18)7-9/h5-7,13,19H,4,8H2,1-3H3. The Hall–Kier alpha value is -1.46. The van der Waals surface area contributed by atoms with Crippen LogP contribution in [0.3, 0.4) is 0 Å². The van der Waals surface area contributed by atoms with Crippen molar-refractivity contribution in [3.8, 4) is 0 Å². The smallest absolute Gasteiger partial charge is 0.159 e. The summed E-state index contributed by atoms with van der Waals surface area (Å²) >= 11 is 6.33. The molecule has 6 heteroatoms. The van der Waals surface area contributed by atoms with Crippen LogP contribution in [0, 0.1) is 11.6 Å². The molecule has 3 nitrogen and oxygen atoms in total. The zero-order valence-electron chi connectivity index (χ0n) is 12.3. The van der Waals surface area contributed by atoms with Crippen LogP contribution >= 0.6 is 11.6 Å². The maximum Gasteiger partial charge on any atom is 0.159 e. The number of hydrogen-bond acceptors (Lipinski definition) is 2. The van der Waals surface area contributed by atoms with E-state index in [1.165, 1.54) is 6.07 Å². The predicted molar refractivity (Wildman–Crippen MR) is 79.5 cm³/mol. The van der Waals surface area contributed by atoms with Crippen LogP contribution in [0.4, 0.5) is 8.78 Å². The first-order valence-corrected chi connectivity index (χ1v) is 7.18. The molecule has 0 aliphatic carbocycles. The van der Waals surface area contributed by atoms with Crippen molar-refractivity contribution in [3.63, 3.8) is 0 Å². The second kappa shape index (κ2) is 6.54. The third-order valence-corrected chi connectivity index (χ3v) is 4.03. The van der Waals surface area contributed by atoms with Gasteiger partial charge >= 0.3 is 0 Å². The molecule has 21 heavy (non-hydrogen) atoms. The SMILES string of the molecule is CCc1nn(C)c(CC(NC)c2ccc(F)c(F)c2)c1Cl. The highest BCUT2D eigenvalue weighted by Crippen LogP contribution is 2.26. The zero-order chi connectivity index (χ0) is 15.6. The maximum absolute atomic E-state index is 13.4. The highest BCUT2D eigenvalue weighted by atomic mass is 35.5. The highest BCUT2D eigenvalue weighted by molar-refractivity contribution is 6.31. The number of halogens is 3. The number of aromatic nitrogens is 2. The van der Waals surface area contributed by atoms with Gasteiger partial charge in [0.25, 0.3) is 0 Å². The first-order chi connectivity index (χ1) is 9.97. The van der Waals surface area contributed by atoms with Gasteiger partial charge < -0.3 is 5.32 Å². The molecule has 0 bridgehead atoms. The molecule has 0 saturated carbocycles. The molecule has 0 spiro atoms. The third kappa shape index (κ3) is 3.24. The van der Waals surface area contributed by atoms with Gasteiger partial charge in [0.2, 0.25) is 0 Å². The van der Waals surface area contributed by atoms with Crippen molar-refractivity contribution in [2.45, 2.75) is 25.8 Å². The van der Waals surface area contributed by atoms with E-state index in [-0.39, 0.29) is 6.04 Å². The third-order valence-electron chi connectivity index (χ3n) is 3.59. The van der Waals surface area contributed by atoms with Crippen LogP contribution in [0.5, 0.6) is 0 Å². The van der Waals surface area contributed by atoms with E-state index in [0.29, 0.717) is 17.0 Å². The fourth-order valence-corrected chi connectivity index (χ4v) is 2.72. The molecular weight excluding hydrogens is 296 g/mol. The Morgan fingerprint density at radius 3 is 2.57 bits per heavy atom. The normalized spacial score (nSPS) is 12.7. The van der Waals surface area contributed by atoms with Gasteiger partial charge in [-0.05, 0) is 31.2 Å². The Kier molecular flexibility index (Phi) is 4.96. The fourth-order valence-electron chi connectivity index (χ4n) is 2.35. The molecule has 0 radical (unpaired) electrons. The number of nitrogens with one attached hydrogen (secondary N) is 1. The number of rotatable bonds is 5. The number of likely N-dealkylation sites (N-methyl/N-ethyl adjacent to an activating group) is 1. The summed E-state index contributed by atoms with van der Waals surface area (Å²) in [4.78, 5) is 0. The van der Waals surface area contributed by atoms with E-state index in [0.717, 1.165) is 23.9 Å². The average molecular weight is 314 g/mol. The summed E-state index contributed by atoms with van der Waals surface area (Å²) < 4.78 is 28.2. The molecule has 1 N–H and O–H groups in total. The molecule has 1 aromatic heterocycles. The molecule has 0 aliphatic rings. The molecule has 0 amide bonds. The second-order valence-corrected chi connectivity index (χ2v) is 5.28. The van der Waals surface area contributed by atoms with E-state index in [4.69, 9.17) is 11.6 Å². The van der Waals surface area contributed by atoms with Gasteiger partial charge in [-0.2, -0.15) is 5.10 Å². The monoisotopic (exact) mass is 313 g/mol. The minimum absolute atomic E-state index is 0.169. The van der Waals surface area contributed by atoms with Crippen molar-refractivity contribution < 1.29 is 8.78 Å². The van der Waals surface area contributed by atoms with Gasteiger partial charge in [0.05, 0.1) is 16.4 Å². The largest absolute Gasteiger partial charge is 0.313 e. The lowest BCUT2D eigenvalue weighted by atomic mass is 10.0. The number of aryl methyl sites for hydroxylation is 2. The Bertz CT molecular complexity index is 640.